The number of sulfonamides is 2. The summed E-state index contributed by atoms with van der Waals surface area (Å²) in [4.78, 5) is 2.65. The standard InChI is InChI=1S/C23H33N3O4S2.ClH/c1-31(27,28)25-22-14-18-26(19-15-22)17-13-21(20-8-4-2-5-9-20)12-16-24-32(29,30)23-10-6-3-7-11-23;/h2-11,21-22,24-25H,12-19H2,1H3;1H. The molecule has 2 aromatic rings. The lowest BCUT2D eigenvalue weighted by Gasteiger charge is -2.33. The van der Waals surface area contributed by atoms with Gasteiger partial charge in [-0.05, 0) is 68.9 Å². The highest BCUT2D eigenvalue weighted by atomic mass is 35.5. The van der Waals surface area contributed by atoms with Crippen LogP contribution >= 0.6 is 12.4 Å². The number of halogens is 1. The van der Waals surface area contributed by atoms with E-state index in [-0.39, 0.29) is 29.3 Å². The predicted octanol–water partition coefficient (Wildman–Crippen LogP) is 2.96. The average molecular weight is 516 g/mol. The van der Waals surface area contributed by atoms with E-state index >= 15 is 0 Å². The summed E-state index contributed by atoms with van der Waals surface area (Å²) in [6, 6.07) is 18.6. The summed E-state index contributed by atoms with van der Waals surface area (Å²) in [5.41, 5.74) is 1.21. The first-order valence-corrected chi connectivity index (χ1v) is 14.4. The molecule has 1 aliphatic heterocycles. The van der Waals surface area contributed by atoms with Gasteiger partial charge < -0.3 is 4.90 Å². The van der Waals surface area contributed by atoms with Crippen LogP contribution in [0.3, 0.4) is 0 Å². The third-order valence-corrected chi connectivity index (χ3v) is 8.11. The Kier molecular flexibility index (Phi) is 10.8. The fourth-order valence-electron chi connectivity index (χ4n) is 4.17. The van der Waals surface area contributed by atoms with E-state index in [1.807, 2.05) is 18.2 Å². The summed E-state index contributed by atoms with van der Waals surface area (Å²) in [6.45, 7) is 2.98. The second kappa shape index (κ2) is 12.8. The molecule has 1 saturated heterocycles. The number of likely N-dealkylation sites (tertiary alicyclic amines) is 1. The van der Waals surface area contributed by atoms with E-state index in [9.17, 15) is 16.8 Å². The van der Waals surface area contributed by atoms with Gasteiger partial charge in [-0.3, -0.25) is 0 Å². The minimum atomic E-state index is -3.51. The fraction of sp³-hybridized carbons (Fsp3) is 0.478. The Hall–Kier alpha value is -1.49. The molecule has 0 spiro atoms. The molecule has 0 aromatic heterocycles. The topological polar surface area (TPSA) is 95.6 Å². The summed E-state index contributed by atoms with van der Waals surface area (Å²) in [5.74, 6) is 0.238. The van der Waals surface area contributed by atoms with Crippen LogP contribution in [0.15, 0.2) is 65.6 Å². The van der Waals surface area contributed by atoms with Crippen molar-refractivity contribution in [1.82, 2.24) is 14.3 Å². The molecule has 2 N–H and O–H groups in total. The lowest BCUT2D eigenvalue weighted by atomic mass is 9.92. The SMILES string of the molecule is CS(=O)(=O)NC1CCN(CCC(CCNS(=O)(=O)c2ccccc2)c2ccccc2)CC1.Cl. The van der Waals surface area contributed by atoms with Crippen LogP contribution in [0, 0.1) is 0 Å². The van der Waals surface area contributed by atoms with Gasteiger partial charge in [-0.1, -0.05) is 48.5 Å². The van der Waals surface area contributed by atoms with Crippen LogP contribution in [-0.4, -0.2) is 60.2 Å². The van der Waals surface area contributed by atoms with E-state index in [0.717, 1.165) is 38.9 Å². The number of hydrogen-bond donors (Lipinski definition) is 2. The van der Waals surface area contributed by atoms with Crippen molar-refractivity contribution in [2.24, 2.45) is 0 Å². The van der Waals surface area contributed by atoms with Crippen molar-refractivity contribution in [1.29, 1.82) is 0 Å². The van der Waals surface area contributed by atoms with Crippen LogP contribution in [0.25, 0.3) is 0 Å². The second-order valence-electron chi connectivity index (χ2n) is 8.40. The number of hydrogen-bond acceptors (Lipinski definition) is 5. The maximum absolute atomic E-state index is 12.5. The highest BCUT2D eigenvalue weighted by molar-refractivity contribution is 7.89. The smallest absolute Gasteiger partial charge is 0.240 e. The molecule has 7 nitrogen and oxygen atoms in total. The van der Waals surface area contributed by atoms with Gasteiger partial charge in [-0.15, -0.1) is 12.4 Å². The van der Waals surface area contributed by atoms with Crippen LogP contribution in [0.4, 0.5) is 0 Å². The van der Waals surface area contributed by atoms with E-state index in [1.54, 1.807) is 30.3 Å². The molecule has 1 fully saturated rings. The summed E-state index contributed by atoms with van der Waals surface area (Å²) >= 11 is 0. The third-order valence-electron chi connectivity index (χ3n) is 5.87. The zero-order valence-corrected chi connectivity index (χ0v) is 21.3. The number of benzene rings is 2. The van der Waals surface area contributed by atoms with E-state index in [1.165, 1.54) is 11.8 Å². The third kappa shape index (κ3) is 9.35. The molecule has 10 heteroatoms. The maximum Gasteiger partial charge on any atom is 0.240 e. The van der Waals surface area contributed by atoms with Crippen LogP contribution in [-0.2, 0) is 20.0 Å². The monoisotopic (exact) mass is 515 g/mol. The Labute approximate surface area is 204 Å². The quantitative estimate of drug-likeness (QED) is 0.479. The molecule has 0 aliphatic carbocycles. The Morgan fingerprint density at radius 2 is 1.48 bits per heavy atom. The first-order valence-electron chi connectivity index (χ1n) is 11.0. The largest absolute Gasteiger partial charge is 0.303 e. The lowest BCUT2D eigenvalue weighted by molar-refractivity contribution is 0.200. The van der Waals surface area contributed by atoms with Gasteiger partial charge in [0.15, 0.2) is 0 Å². The molecule has 0 radical (unpaired) electrons. The van der Waals surface area contributed by atoms with Crippen LogP contribution in [0.5, 0.6) is 0 Å². The van der Waals surface area contributed by atoms with Crippen molar-refractivity contribution in [2.45, 2.75) is 42.5 Å². The number of nitrogens with zero attached hydrogens (tertiary/aromatic N) is 1. The molecule has 1 atom stereocenters. The molecule has 184 valence electrons. The van der Waals surface area contributed by atoms with Crippen molar-refractivity contribution in [2.75, 3.05) is 32.4 Å². The molecule has 1 heterocycles. The molecule has 0 saturated carbocycles. The van der Waals surface area contributed by atoms with E-state index in [4.69, 9.17) is 0 Å². The van der Waals surface area contributed by atoms with Crippen LogP contribution in [0.2, 0.25) is 0 Å². The normalized spacial score (nSPS) is 16.8. The maximum atomic E-state index is 12.5. The van der Waals surface area contributed by atoms with Crippen LogP contribution in [0.1, 0.15) is 37.2 Å². The van der Waals surface area contributed by atoms with E-state index in [2.05, 4.69) is 26.5 Å². The number of rotatable bonds is 11. The van der Waals surface area contributed by atoms with Gasteiger partial charge in [-0.2, -0.15) is 0 Å². The summed E-state index contributed by atoms with van der Waals surface area (Å²) in [7, 11) is -6.68. The van der Waals surface area contributed by atoms with Gasteiger partial charge in [0.25, 0.3) is 0 Å². The Morgan fingerprint density at radius 1 is 0.909 bits per heavy atom. The molecule has 33 heavy (non-hydrogen) atoms. The lowest BCUT2D eigenvalue weighted by Crippen LogP contribution is -2.44. The van der Waals surface area contributed by atoms with Gasteiger partial charge >= 0.3 is 0 Å². The molecule has 2 aromatic carbocycles. The average Bonchev–Trinajstić information content (AvgIpc) is 2.77. The summed E-state index contributed by atoms with van der Waals surface area (Å²) < 4.78 is 53.4. The molecule has 1 unspecified atom stereocenters. The Morgan fingerprint density at radius 3 is 2.06 bits per heavy atom. The number of nitrogens with one attached hydrogen (secondary N) is 2. The minimum Gasteiger partial charge on any atom is -0.303 e. The highest BCUT2D eigenvalue weighted by Gasteiger charge is 2.23. The van der Waals surface area contributed by atoms with Gasteiger partial charge in [0.2, 0.25) is 20.0 Å². The van der Waals surface area contributed by atoms with Gasteiger partial charge in [0.1, 0.15) is 0 Å². The van der Waals surface area contributed by atoms with Crippen molar-refractivity contribution >= 4 is 32.5 Å². The van der Waals surface area contributed by atoms with Crippen LogP contribution < -0.4 is 9.44 Å². The number of piperidine rings is 1. The molecule has 3 rings (SSSR count). The second-order valence-corrected chi connectivity index (χ2v) is 11.9. The van der Waals surface area contributed by atoms with Crippen molar-refractivity contribution < 1.29 is 16.8 Å². The first-order chi connectivity index (χ1) is 15.2. The van der Waals surface area contributed by atoms with E-state index in [0.29, 0.717) is 13.0 Å². The zero-order valence-electron chi connectivity index (χ0n) is 18.9. The highest BCUT2D eigenvalue weighted by Crippen LogP contribution is 2.24. The molecular weight excluding hydrogens is 482 g/mol. The molecule has 0 bridgehead atoms. The summed E-state index contributed by atoms with van der Waals surface area (Å²) in [5, 5.41) is 0. The predicted molar refractivity (Wildman–Crippen MR) is 135 cm³/mol. The van der Waals surface area contributed by atoms with Gasteiger partial charge in [0, 0.05) is 12.6 Å². The van der Waals surface area contributed by atoms with E-state index < -0.39 is 20.0 Å². The van der Waals surface area contributed by atoms with Crippen molar-refractivity contribution in [3.8, 4) is 0 Å². The van der Waals surface area contributed by atoms with Gasteiger partial charge in [0.05, 0.1) is 11.2 Å². The first kappa shape index (κ1) is 27.8. The summed E-state index contributed by atoms with van der Waals surface area (Å²) in [6.07, 6.45) is 4.44. The van der Waals surface area contributed by atoms with Gasteiger partial charge in [-0.25, -0.2) is 26.3 Å². The molecular formula is C23H34ClN3O4S2. The minimum absolute atomic E-state index is 0. The van der Waals surface area contributed by atoms with Crippen molar-refractivity contribution in [3.05, 3.63) is 66.2 Å². The Bertz CT molecular complexity index is 1040. The molecule has 1 aliphatic rings. The fourth-order valence-corrected chi connectivity index (χ4v) is 6.08. The Balaban J connectivity index is 0.00000385. The van der Waals surface area contributed by atoms with Crippen molar-refractivity contribution in [3.63, 3.8) is 0 Å². The molecule has 0 amide bonds. The zero-order chi connectivity index (χ0) is 23.0.